The topological polar surface area (TPSA) is 69.7 Å². The van der Waals surface area contributed by atoms with Crippen molar-refractivity contribution >= 4 is 17.6 Å². The summed E-state index contributed by atoms with van der Waals surface area (Å²) in [5, 5.41) is 0.555. The average Bonchev–Trinajstić information content (AvgIpc) is 3.13. The molecule has 1 fully saturated rings. The molecule has 146 valence electrons. The maximum atomic E-state index is 8.84. The summed E-state index contributed by atoms with van der Waals surface area (Å²) in [5.41, 5.74) is 8.12. The SMILES string of the molecule is [2H]C1([2H])OC(N)=NC12c1cc(-c3cncc(Cl)c3)ccc1CC21CCC(OC)CC1. The third kappa shape index (κ3) is 2.56. The molecule has 5 nitrogen and oxygen atoms in total. The van der Waals surface area contributed by atoms with E-state index < -0.39 is 17.5 Å². The Balaban J connectivity index is 1.68. The molecular formula is C22H24ClN3O2. The van der Waals surface area contributed by atoms with Gasteiger partial charge in [-0.05, 0) is 60.9 Å². The molecule has 0 amide bonds. The summed E-state index contributed by atoms with van der Waals surface area (Å²) >= 11 is 6.15. The molecule has 2 aromatic rings. The van der Waals surface area contributed by atoms with Crippen LogP contribution in [0, 0.1) is 5.41 Å². The number of fused-ring (bicyclic) bond motifs is 3. The van der Waals surface area contributed by atoms with Crippen LogP contribution in [-0.2, 0) is 21.4 Å². The van der Waals surface area contributed by atoms with E-state index in [-0.39, 0.29) is 12.1 Å². The molecule has 2 spiro atoms. The first-order valence-corrected chi connectivity index (χ1v) is 9.99. The zero-order valence-electron chi connectivity index (χ0n) is 17.7. The average molecular weight is 400 g/mol. The second-order valence-corrected chi connectivity index (χ2v) is 8.46. The molecule has 1 atom stereocenters. The number of halogens is 1. The third-order valence-electron chi connectivity index (χ3n) is 6.64. The Morgan fingerprint density at radius 2 is 2.07 bits per heavy atom. The van der Waals surface area contributed by atoms with Crippen molar-refractivity contribution in [1.82, 2.24) is 4.98 Å². The van der Waals surface area contributed by atoms with Crippen LogP contribution in [0.2, 0.25) is 5.02 Å². The Morgan fingerprint density at radius 1 is 1.25 bits per heavy atom. The molecule has 1 unspecified atom stereocenters. The Labute approximate surface area is 172 Å². The lowest BCUT2D eigenvalue weighted by Gasteiger charge is -2.45. The van der Waals surface area contributed by atoms with Gasteiger partial charge >= 0.3 is 0 Å². The molecule has 1 aromatic heterocycles. The second kappa shape index (κ2) is 6.46. The molecule has 5 rings (SSSR count). The predicted molar refractivity (Wildman–Crippen MR) is 109 cm³/mol. The van der Waals surface area contributed by atoms with Gasteiger partial charge in [0.15, 0.2) is 0 Å². The number of nitrogens with zero attached hydrogens (tertiary/aromatic N) is 2. The summed E-state index contributed by atoms with van der Waals surface area (Å²) in [6.07, 6.45) is 7.61. The number of ether oxygens (including phenoxy) is 2. The van der Waals surface area contributed by atoms with Crippen molar-refractivity contribution in [2.75, 3.05) is 13.7 Å². The fourth-order valence-electron chi connectivity index (χ4n) is 5.19. The van der Waals surface area contributed by atoms with E-state index in [9.17, 15) is 0 Å². The highest BCUT2D eigenvalue weighted by atomic mass is 35.5. The van der Waals surface area contributed by atoms with E-state index in [2.05, 4.69) is 11.1 Å². The van der Waals surface area contributed by atoms with Crippen LogP contribution in [0.15, 0.2) is 41.7 Å². The molecular weight excluding hydrogens is 374 g/mol. The van der Waals surface area contributed by atoms with Crippen LogP contribution in [0.25, 0.3) is 11.1 Å². The molecule has 2 heterocycles. The molecule has 0 radical (unpaired) electrons. The van der Waals surface area contributed by atoms with Crippen molar-refractivity contribution in [2.24, 2.45) is 16.1 Å². The molecule has 1 saturated carbocycles. The Morgan fingerprint density at radius 3 is 2.75 bits per heavy atom. The Kier molecular flexibility index (Phi) is 3.64. The first-order chi connectivity index (χ1) is 14.3. The number of hydrogen-bond acceptors (Lipinski definition) is 5. The van der Waals surface area contributed by atoms with Crippen molar-refractivity contribution in [3.8, 4) is 11.1 Å². The molecule has 2 N–H and O–H groups in total. The van der Waals surface area contributed by atoms with E-state index in [1.165, 1.54) is 0 Å². The highest BCUT2D eigenvalue weighted by molar-refractivity contribution is 6.30. The summed E-state index contributed by atoms with van der Waals surface area (Å²) in [6.45, 7) is -2.03. The van der Waals surface area contributed by atoms with E-state index in [1.54, 1.807) is 19.5 Å². The minimum Gasteiger partial charge on any atom is -0.462 e. The monoisotopic (exact) mass is 399 g/mol. The molecule has 3 aliphatic rings. The summed E-state index contributed by atoms with van der Waals surface area (Å²) in [4.78, 5) is 8.90. The summed E-state index contributed by atoms with van der Waals surface area (Å²) < 4.78 is 28.8. The van der Waals surface area contributed by atoms with Crippen molar-refractivity contribution in [3.63, 3.8) is 0 Å². The predicted octanol–water partition coefficient (Wildman–Crippen LogP) is 4.07. The van der Waals surface area contributed by atoms with Gasteiger partial charge in [0.25, 0.3) is 6.02 Å². The maximum absolute atomic E-state index is 8.84. The number of benzene rings is 1. The number of rotatable bonds is 2. The van der Waals surface area contributed by atoms with Gasteiger partial charge in [-0.25, -0.2) is 4.99 Å². The summed E-state index contributed by atoms with van der Waals surface area (Å²) in [6, 6.07) is 7.90. The van der Waals surface area contributed by atoms with Gasteiger partial charge in [0, 0.05) is 30.5 Å². The van der Waals surface area contributed by atoms with E-state index >= 15 is 0 Å². The lowest BCUT2D eigenvalue weighted by Crippen LogP contribution is -2.46. The van der Waals surface area contributed by atoms with Crippen LogP contribution in [0.4, 0.5) is 0 Å². The van der Waals surface area contributed by atoms with Crippen molar-refractivity contribution in [1.29, 1.82) is 0 Å². The van der Waals surface area contributed by atoms with Crippen molar-refractivity contribution in [2.45, 2.75) is 43.7 Å². The summed E-state index contributed by atoms with van der Waals surface area (Å²) in [7, 11) is 1.74. The number of aromatic nitrogens is 1. The summed E-state index contributed by atoms with van der Waals surface area (Å²) in [5.74, 6) is 0. The van der Waals surface area contributed by atoms with E-state index in [4.69, 9.17) is 34.5 Å². The van der Waals surface area contributed by atoms with Crippen LogP contribution in [-0.4, -0.2) is 30.8 Å². The number of hydrogen-bond donors (Lipinski definition) is 1. The van der Waals surface area contributed by atoms with Gasteiger partial charge in [-0.3, -0.25) is 4.98 Å². The quantitative estimate of drug-likeness (QED) is 0.826. The van der Waals surface area contributed by atoms with Crippen LogP contribution < -0.4 is 5.73 Å². The van der Waals surface area contributed by atoms with Crippen LogP contribution in [0.3, 0.4) is 0 Å². The molecule has 2 aliphatic carbocycles. The standard InChI is InChI=1S/C22H24ClN3O2/c1-27-18-4-6-21(7-5-18)10-15-3-2-14(16-8-17(23)12-25-11-16)9-19(15)22(21)13-28-20(24)26-22/h2-3,8-9,11-12,18H,4-7,10,13H2,1H3,(H2,24,26)/i13D2. The molecule has 0 saturated heterocycles. The number of amidine groups is 1. The van der Waals surface area contributed by atoms with Gasteiger partial charge in [-0.1, -0.05) is 23.7 Å². The first kappa shape index (κ1) is 15.8. The Hall–Kier alpha value is -2.11. The molecule has 28 heavy (non-hydrogen) atoms. The highest BCUT2D eigenvalue weighted by Gasteiger charge is 2.61. The van der Waals surface area contributed by atoms with Gasteiger partial charge in [-0.2, -0.15) is 0 Å². The number of methoxy groups -OCH3 is 1. The van der Waals surface area contributed by atoms with E-state index in [0.717, 1.165) is 54.4 Å². The number of pyridine rings is 1. The minimum atomic E-state index is -2.03. The van der Waals surface area contributed by atoms with Crippen LogP contribution in [0.5, 0.6) is 0 Å². The van der Waals surface area contributed by atoms with Crippen LogP contribution in [0.1, 0.15) is 39.6 Å². The zero-order chi connectivity index (χ0) is 21.1. The zero-order valence-corrected chi connectivity index (χ0v) is 16.5. The molecule has 0 bridgehead atoms. The smallest absolute Gasteiger partial charge is 0.283 e. The number of nitrogens with two attached hydrogens (primary N) is 1. The first-order valence-electron chi connectivity index (χ1n) is 10.6. The third-order valence-corrected chi connectivity index (χ3v) is 6.85. The lowest BCUT2D eigenvalue weighted by molar-refractivity contribution is -0.00983. The maximum Gasteiger partial charge on any atom is 0.283 e. The Bertz CT molecular complexity index is 1040. The van der Waals surface area contributed by atoms with Gasteiger partial charge < -0.3 is 15.2 Å². The lowest BCUT2D eigenvalue weighted by atomic mass is 9.62. The number of aliphatic imine (C=N–C) groups is 1. The van der Waals surface area contributed by atoms with Gasteiger partial charge in [-0.15, -0.1) is 0 Å². The van der Waals surface area contributed by atoms with Gasteiger partial charge in [0.05, 0.1) is 13.9 Å². The molecule has 6 heteroatoms. The highest BCUT2D eigenvalue weighted by Crippen LogP contribution is 2.61. The second-order valence-electron chi connectivity index (χ2n) is 8.02. The van der Waals surface area contributed by atoms with Crippen molar-refractivity contribution < 1.29 is 12.2 Å². The van der Waals surface area contributed by atoms with E-state index in [0.29, 0.717) is 5.02 Å². The largest absolute Gasteiger partial charge is 0.462 e. The molecule has 1 aliphatic heterocycles. The van der Waals surface area contributed by atoms with Crippen molar-refractivity contribution in [3.05, 3.63) is 52.8 Å². The van der Waals surface area contributed by atoms with Gasteiger partial charge in [0.1, 0.15) is 12.1 Å². The van der Waals surface area contributed by atoms with E-state index in [1.807, 2.05) is 18.2 Å². The van der Waals surface area contributed by atoms with Crippen LogP contribution >= 0.6 is 11.6 Å². The minimum absolute atomic E-state index is 0.0871. The van der Waals surface area contributed by atoms with Gasteiger partial charge in [0.2, 0.25) is 0 Å². The normalized spacial score (nSPS) is 33.9. The molecule has 1 aromatic carbocycles. The fourth-order valence-corrected chi connectivity index (χ4v) is 5.37. The fraction of sp³-hybridized carbons (Fsp3) is 0.455.